The summed E-state index contributed by atoms with van der Waals surface area (Å²) in [5.74, 6) is 4.10. The van der Waals surface area contributed by atoms with Crippen LogP contribution in [0.25, 0.3) is 11.2 Å². The van der Waals surface area contributed by atoms with Gasteiger partial charge in [0.1, 0.15) is 18.9 Å². The van der Waals surface area contributed by atoms with Crippen molar-refractivity contribution in [2.75, 3.05) is 18.9 Å². The highest BCUT2D eigenvalue weighted by Crippen LogP contribution is 2.61. The molecule has 11 nitrogen and oxygen atoms in total. The molecule has 1 aliphatic heterocycles. The van der Waals surface area contributed by atoms with Gasteiger partial charge in [-0.05, 0) is 74.5 Å². The van der Waals surface area contributed by atoms with E-state index in [0.717, 1.165) is 30.6 Å². The van der Waals surface area contributed by atoms with Crippen molar-refractivity contribution in [3.8, 4) is 12.3 Å². The van der Waals surface area contributed by atoms with E-state index >= 15 is 0 Å². The molecule has 4 aliphatic carbocycles. The minimum absolute atomic E-state index is 0.0725. The van der Waals surface area contributed by atoms with Crippen LogP contribution in [-0.2, 0) is 23.7 Å². The number of esters is 1. The quantitative estimate of drug-likeness (QED) is 0.193. The molecule has 4 bridgehead atoms. The van der Waals surface area contributed by atoms with Crippen molar-refractivity contribution < 1.29 is 32.9 Å². The summed E-state index contributed by atoms with van der Waals surface area (Å²) in [6.07, 6.45) is 13.5. The highest BCUT2D eigenvalue weighted by Gasteiger charge is 2.53. The van der Waals surface area contributed by atoms with Gasteiger partial charge in [0.2, 0.25) is 5.60 Å². The van der Waals surface area contributed by atoms with Crippen molar-refractivity contribution in [1.29, 1.82) is 0 Å². The Bertz CT molecular complexity index is 1370. The lowest BCUT2D eigenvalue weighted by Crippen LogP contribution is -2.46. The summed E-state index contributed by atoms with van der Waals surface area (Å²) in [5.41, 5.74) is 4.86. The van der Waals surface area contributed by atoms with Crippen molar-refractivity contribution in [1.82, 2.24) is 19.5 Å². The van der Waals surface area contributed by atoms with Crippen molar-refractivity contribution in [3.05, 3.63) is 12.4 Å². The van der Waals surface area contributed by atoms with Gasteiger partial charge in [-0.15, -0.1) is 6.42 Å². The van der Waals surface area contributed by atoms with E-state index in [1.807, 2.05) is 0 Å². The fourth-order valence-electron chi connectivity index (χ4n) is 8.15. The third kappa shape index (κ3) is 5.39. The third-order valence-electron chi connectivity index (χ3n) is 9.63. The SMILES string of the molecule is C#C[C@]1(COC(=O)OCCCC23CC4CC(CC(C4)C2)C3)O[C@@H](n2cnc3c(N)nc(F)nc32)C[C@@H]1OC(=O)C(C)C. The van der Waals surface area contributed by atoms with Crippen LogP contribution in [0.15, 0.2) is 6.33 Å². The number of carbonyl (C=O) groups is 2. The number of rotatable bonds is 9. The molecule has 5 fully saturated rings. The van der Waals surface area contributed by atoms with Gasteiger partial charge in [0, 0.05) is 6.42 Å². The second-order valence-electron chi connectivity index (χ2n) is 13.0. The summed E-state index contributed by atoms with van der Waals surface area (Å²) in [6.45, 7) is 3.22. The topological polar surface area (TPSA) is 141 Å². The van der Waals surface area contributed by atoms with E-state index in [-0.39, 0.29) is 30.0 Å². The van der Waals surface area contributed by atoms with Crippen LogP contribution in [0.5, 0.6) is 0 Å². The van der Waals surface area contributed by atoms with Gasteiger partial charge in [-0.3, -0.25) is 9.36 Å². The van der Waals surface area contributed by atoms with E-state index in [2.05, 4.69) is 20.9 Å². The molecule has 12 heteroatoms. The van der Waals surface area contributed by atoms with E-state index in [9.17, 15) is 14.0 Å². The van der Waals surface area contributed by atoms with Gasteiger partial charge in [0.15, 0.2) is 17.0 Å². The van der Waals surface area contributed by atoms with Crippen LogP contribution >= 0.6 is 0 Å². The molecule has 3 atom stereocenters. The first-order chi connectivity index (χ1) is 20.1. The molecule has 42 heavy (non-hydrogen) atoms. The van der Waals surface area contributed by atoms with Crippen LogP contribution in [0.3, 0.4) is 0 Å². The Kier molecular flexibility index (Phi) is 7.50. The zero-order chi connectivity index (χ0) is 29.6. The normalized spacial score (nSPS) is 33.2. The number of imidazole rings is 1. The van der Waals surface area contributed by atoms with E-state index in [0.29, 0.717) is 5.41 Å². The van der Waals surface area contributed by atoms with Gasteiger partial charge in [0.25, 0.3) is 0 Å². The van der Waals surface area contributed by atoms with Crippen LogP contribution in [0.2, 0.25) is 0 Å². The second-order valence-corrected chi connectivity index (χ2v) is 13.0. The molecule has 0 aromatic carbocycles. The first-order valence-electron chi connectivity index (χ1n) is 14.9. The van der Waals surface area contributed by atoms with Gasteiger partial charge < -0.3 is 24.7 Å². The van der Waals surface area contributed by atoms with Crippen LogP contribution in [-0.4, -0.2) is 56.6 Å². The molecule has 2 aromatic heterocycles. The van der Waals surface area contributed by atoms with Gasteiger partial charge in [-0.2, -0.15) is 14.4 Å². The Balaban J connectivity index is 1.09. The molecular formula is C30H38FN5O6. The number of aromatic nitrogens is 4. The second kappa shape index (κ2) is 11.0. The molecule has 3 heterocycles. The summed E-state index contributed by atoms with van der Waals surface area (Å²) in [7, 11) is 0. The van der Waals surface area contributed by atoms with Crippen molar-refractivity contribution in [2.45, 2.75) is 89.6 Å². The molecule has 2 aromatic rings. The van der Waals surface area contributed by atoms with Gasteiger partial charge in [0.05, 0.1) is 18.9 Å². The lowest BCUT2D eigenvalue weighted by Gasteiger charge is -2.57. The molecule has 2 N–H and O–H groups in total. The maximum atomic E-state index is 14.0. The molecule has 5 aliphatic rings. The first-order valence-corrected chi connectivity index (χ1v) is 14.9. The highest BCUT2D eigenvalue weighted by molar-refractivity contribution is 5.81. The van der Waals surface area contributed by atoms with Gasteiger partial charge in [-0.1, -0.05) is 19.8 Å². The van der Waals surface area contributed by atoms with E-state index in [4.69, 9.17) is 31.1 Å². The number of nitrogens with zero attached hydrogens (tertiary/aromatic N) is 4. The predicted molar refractivity (Wildman–Crippen MR) is 148 cm³/mol. The number of nitrogens with two attached hydrogens (primary N) is 1. The molecule has 0 radical (unpaired) electrons. The summed E-state index contributed by atoms with van der Waals surface area (Å²) in [5, 5.41) is 0. The monoisotopic (exact) mass is 583 g/mol. The summed E-state index contributed by atoms with van der Waals surface area (Å²) < 4.78 is 38.1. The predicted octanol–water partition coefficient (Wildman–Crippen LogP) is 4.56. The minimum atomic E-state index is -1.62. The number of hydrogen-bond acceptors (Lipinski definition) is 10. The minimum Gasteiger partial charge on any atom is -0.458 e. The van der Waals surface area contributed by atoms with Crippen molar-refractivity contribution >= 4 is 29.1 Å². The lowest BCUT2D eigenvalue weighted by atomic mass is 9.48. The van der Waals surface area contributed by atoms with Crippen LogP contribution in [0, 0.1) is 47.5 Å². The fraction of sp³-hybridized carbons (Fsp3) is 0.700. The Hall–Kier alpha value is -3.46. The largest absolute Gasteiger partial charge is 0.508 e. The lowest BCUT2D eigenvalue weighted by molar-refractivity contribution is -0.163. The average Bonchev–Trinajstić information content (AvgIpc) is 3.51. The maximum Gasteiger partial charge on any atom is 0.508 e. The Morgan fingerprint density at radius 1 is 1.17 bits per heavy atom. The molecule has 7 rings (SSSR count). The number of anilines is 1. The molecule has 1 saturated heterocycles. The van der Waals surface area contributed by atoms with E-state index in [1.54, 1.807) is 13.8 Å². The fourth-order valence-corrected chi connectivity index (χ4v) is 8.15. The number of fused-ring (bicyclic) bond motifs is 1. The molecular weight excluding hydrogens is 545 g/mol. The van der Waals surface area contributed by atoms with E-state index in [1.165, 1.54) is 49.4 Å². The number of halogens is 1. The number of ether oxygens (including phenoxy) is 4. The Morgan fingerprint density at radius 2 is 1.86 bits per heavy atom. The van der Waals surface area contributed by atoms with E-state index < -0.39 is 48.7 Å². The zero-order valence-corrected chi connectivity index (χ0v) is 24.1. The third-order valence-corrected chi connectivity index (χ3v) is 9.63. The summed E-state index contributed by atoms with van der Waals surface area (Å²) in [6, 6.07) is 0. The number of hydrogen-bond donors (Lipinski definition) is 1. The maximum absolute atomic E-state index is 14.0. The van der Waals surface area contributed by atoms with Crippen LogP contribution in [0.1, 0.15) is 77.9 Å². The number of terminal acetylenes is 1. The smallest absolute Gasteiger partial charge is 0.458 e. The zero-order valence-electron chi connectivity index (χ0n) is 24.1. The van der Waals surface area contributed by atoms with Crippen LogP contribution < -0.4 is 5.73 Å². The molecule has 0 unspecified atom stereocenters. The Morgan fingerprint density at radius 3 is 2.50 bits per heavy atom. The molecule has 0 spiro atoms. The molecule has 0 amide bonds. The summed E-state index contributed by atoms with van der Waals surface area (Å²) >= 11 is 0. The van der Waals surface area contributed by atoms with Crippen molar-refractivity contribution in [2.24, 2.45) is 29.1 Å². The standard InChI is InChI=1S/C30H38FN5O6/c1-4-30(15-40-28(38)39-7-5-6-29-12-18-8-19(13-29)10-20(9-18)14-29)21(41-26(37)17(2)3)11-22(42-30)36-16-33-23-24(32)34-27(31)35-25(23)36/h1,16-22H,5-15H2,2-3H3,(H2,32,34,35)/t18?,19?,20?,21-,22+,29?,30+/m0/s1. The van der Waals surface area contributed by atoms with Gasteiger partial charge >= 0.3 is 18.2 Å². The average molecular weight is 584 g/mol. The molecule has 226 valence electrons. The first kappa shape index (κ1) is 28.6. The van der Waals surface area contributed by atoms with Crippen LogP contribution in [0.4, 0.5) is 15.0 Å². The van der Waals surface area contributed by atoms with Crippen molar-refractivity contribution in [3.63, 3.8) is 0 Å². The highest BCUT2D eigenvalue weighted by atomic mass is 19.1. The number of carbonyl (C=O) groups excluding carboxylic acids is 2. The Labute approximate surface area is 244 Å². The number of nitrogen functional groups attached to an aromatic ring is 1. The van der Waals surface area contributed by atoms with Gasteiger partial charge in [-0.25, -0.2) is 9.78 Å². The summed E-state index contributed by atoms with van der Waals surface area (Å²) in [4.78, 5) is 36.6. The molecule has 4 saturated carbocycles.